The van der Waals surface area contributed by atoms with Crippen molar-refractivity contribution in [1.29, 1.82) is 0 Å². The van der Waals surface area contributed by atoms with Gasteiger partial charge in [0.2, 0.25) is 5.78 Å². The number of carbonyl (C=O) groups is 1. The second kappa shape index (κ2) is 2.85. The first kappa shape index (κ1) is 5.63. The number of hydrogen-bond acceptors (Lipinski definition) is 2. The first-order chi connectivity index (χ1) is 2.81. The molecule has 0 aromatic heterocycles. The largest absolute Gasteiger partial charge is 0.289 e. The second-order valence-corrected chi connectivity index (χ2v) is 0.926. The lowest BCUT2D eigenvalue weighted by Crippen LogP contribution is -1.97. The Balaban J connectivity index is 3.23. The summed E-state index contributed by atoms with van der Waals surface area (Å²) in [5.41, 5.74) is 0. The summed E-state index contributed by atoms with van der Waals surface area (Å²) in [5, 5.41) is 0. The van der Waals surface area contributed by atoms with Crippen LogP contribution in [-0.2, 0) is 9.59 Å². The van der Waals surface area contributed by atoms with E-state index in [4.69, 9.17) is 11.6 Å². The van der Waals surface area contributed by atoms with Crippen LogP contribution in [0.25, 0.3) is 0 Å². The third-order valence-corrected chi connectivity index (χ3v) is 0.478. The molecular weight excluding hydrogens is 103 g/mol. The molecule has 6 heavy (non-hydrogen) atoms. The lowest BCUT2D eigenvalue weighted by Gasteiger charge is -1.67. The minimum Gasteiger partial charge on any atom is -0.289 e. The van der Waals surface area contributed by atoms with Gasteiger partial charge < -0.3 is 0 Å². The summed E-state index contributed by atoms with van der Waals surface area (Å²) in [6.45, 7) is 0. The Bertz CT molecular complexity index is 69.2. The summed E-state index contributed by atoms with van der Waals surface area (Å²) in [4.78, 5) is 18.8. The van der Waals surface area contributed by atoms with Gasteiger partial charge in [-0.2, -0.15) is 0 Å². The van der Waals surface area contributed by atoms with Gasteiger partial charge in [-0.15, -0.1) is 11.6 Å². The van der Waals surface area contributed by atoms with Crippen LogP contribution in [0.3, 0.4) is 0 Å². The van der Waals surface area contributed by atoms with Gasteiger partial charge in [0, 0.05) is 0 Å². The molecule has 33 valence electrons. The molecule has 0 amide bonds. The van der Waals surface area contributed by atoms with Gasteiger partial charge in [-0.25, -0.2) is 0 Å². The predicted molar refractivity (Wildman–Crippen MR) is 21.4 cm³/mol. The number of ketones is 1. The van der Waals surface area contributed by atoms with E-state index in [0.717, 1.165) is 6.29 Å². The Morgan fingerprint density at radius 1 is 1.83 bits per heavy atom. The van der Waals surface area contributed by atoms with Gasteiger partial charge in [-0.1, -0.05) is 0 Å². The average Bonchev–Trinajstić information content (AvgIpc) is 1.65. The molecule has 0 aromatic carbocycles. The van der Waals surface area contributed by atoms with Crippen LogP contribution in [0.2, 0.25) is 0 Å². The zero-order chi connectivity index (χ0) is 4.99. The van der Waals surface area contributed by atoms with Crippen molar-refractivity contribution >= 4 is 23.7 Å². The molecule has 0 rings (SSSR count). The molecule has 0 aliphatic rings. The minimum atomic E-state index is -0.698. The zero-order valence-electron chi connectivity index (χ0n) is 2.90. The van der Waals surface area contributed by atoms with E-state index in [9.17, 15) is 9.59 Å². The maximum absolute atomic E-state index is 9.62. The van der Waals surface area contributed by atoms with E-state index in [-0.39, 0.29) is 5.88 Å². The maximum Gasteiger partial charge on any atom is 0.273 e. The van der Waals surface area contributed by atoms with Crippen molar-refractivity contribution in [3.63, 3.8) is 0 Å². The van der Waals surface area contributed by atoms with Gasteiger partial charge in [0.05, 0.1) is 5.88 Å². The number of hydrogen-bond donors (Lipinski definition) is 0. The van der Waals surface area contributed by atoms with Gasteiger partial charge in [-0.05, 0) is 0 Å². The van der Waals surface area contributed by atoms with Crippen LogP contribution in [-0.4, -0.2) is 17.9 Å². The highest BCUT2D eigenvalue weighted by Crippen LogP contribution is 1.70. The Morgan fingerprint density at radius 3 is 2.33 bits per heavy atom. The van der Waals surface area contributed by atoms with Crippen molar-refractivity contribution in [3.05, 3.63) is 0 Å². The first-order valence-electron chi connectivity index (χ1n) is 1.28. The van der Waals surface area contributed by atoms with Gasteiger partial charge in [-0.3, -0.25) is 9.59 Å². The van der Waals surface area contributed by atoms with Crippen LogP contribution in [0.5, 0.6) is 0 Å². The number of rotatable bonds is 2. The van der Waals surface area contributed by atoms with Crippen molar-refractivity contribution in [2.24, 2.45) is 0 Å². The fourth-order valence-electron chi connectivity index (χ4n) is 0.0273. The number of carbonyl (C=O) groups excluding carboxylic acids is 2. The van der Waals surface area contributed by atoms with Crippen LogP contribution in [0, 0.1) is 0 Å². The molecule has 0 saturated heterocycles. The molecule has 0 bridgehead atoms. The lowest BCUT2D eigenvalue weighted by molar-refractivity contribution is -0.110. The van der Waals surface area contributed by atoms with Crippen LogP contribution in [0.15, 0.2) is 0 Å². The van der Waals surface area contributed by atoms with Gasteiger partial charge >= 0.3 is 0 Å². The normalized spacial score (nSPS) is 7.50. The summed E-state index contributed by atoms with van der Waals surface area (Å²) in [6.07, 6.45) is 1.09. The number of alkyl halides is 1. The fraction of sp³-hybridized carbons (Fsp3) is 0.333. The second-order valence-electron chi connectivity index (χ2n) is 0.659. The van der Waals surface area contributed by atoms with Crippen molar-refractivity contribution in [1.82, 2.24) is 0 Å². The van der Waals surface area contributed by atoms with Gasteiger partial charge in [0.15, 0.2) is 0 Å². The molecule has 2 nitrogen and oxygen atoms in total. The van der Waals surface area contributed by atoms with Crippen molar-refractivity contribution in [2.75, 3.05) is 5.88 Å². The van der Waals surface area contributed by atoms with Crippen LogP contribution in [0.4, 0.5) is 0 Å². The Kier molecular flexibility index (Phi) is 2.67. The topological polar surface area (TPSA) is 34.1 Å². The average molecular weight is 106 g/mol. The molecule has 0 aliphatic heterocycles. The monoisotopic (exact) mass is 105 g/mol. The van der Waals surface area contributed by atoms with E-state index in [2.05, 4.69) is 0 Å². The predicted octanol–water partition coefficient (Wildman–Crippen LogP) is -0.0960. The third kappa shape index (κ3) is 1.91. The molecule has 0 heterocycles. The summed E-state index contributed by atoms with van der Waals surface area (Å²) >= 11 is 4.84. The fourth-order valence-corrected chi connectivity index (χ4v) is 0.0818. The van der Waals surface area contributed by atoms with Crippen molar-refractivity contribution < 1.29 is 9.59 Å². The van der Waals surface area contributed by atoms with E-state index < -0.39 is 5.78 Å². The van der Waals surface area contributed by atoms with Crippen molar-refractivity contribution in [3.8, 4) is 0 Å². The minimum absolute atomic E-state index is 0.260. The molecule has 0 unspecified atom stereocenters. The standard InChI is InChI=1S/C3H2ClO2/c4-1-3(6)2-5/h1H2. The van der Waals surface area contributed by atoms with Crippen LogP contribution >= 0.6 is 11.6 Å². The molecule has 0 saturated carbocycles. The quantitative estimate of drug-likeness (QED) is 0.363. The highest BCUT2D eigenvalue weighted by Gasteiger charge is 1.91. The van der Waals surface area contributed by atoms with Crippen molar-refractivity contribution in [2.45, 2.75) is 0 Å². The molecular formula is C3H2ClO2. The smallest absolute Gasteiger partial charge is 0.273 e. The SMILES string of the molecule is O=[C]C(=O)CCl. The van der Waals surface area contributed by atoms with Crippen LogP contribution in [0.1, 0.15) is 0 Å². The molecule has 1 radical (unpaired) electrons. The highest BCUT2D eigenvalue weighted by atomic mass is 35.5. The number of Topliss-reactive ketones (excluding diaryl/α,β-unsaturated/α-hetero) is 1. The van der Waals surface area contributed by atoms with Gasteiger partial charge in [0.25, 0.3) is 6.29 Å². The van der Waals surface area contributed by atoms with E-state index >= 15 is 0 Å². The summed E-state index contributed by atoms with van der Waals surface area (Å²) < 4.78 is 0. The van der Waals surface area contributed by atoms with E-state index in [1.807, 2.05) is 0 Å². The molecule has 0 aliphatic carbocycles. The van der Waals surface area contributed by atoms with E-state index in [0.29, 0.717) is 0 Å². The summed E-state index contributed by atoms with van der Waals surface area (Å²) in [5.74, 6) is -0.958. The molecule has 3 heteroatoms. The molecule has 0 fully saturated rings. The first-order valence-corrected chi connectivity index (χ1v) is 1.81. The molecule has 0 N–H and O–H groups in total. The number of halogens is 1. The zero-order valence-corrected chi connectivity index (χ0v) is 3.66. The molecule has 0 spiro atoms. The third-order valence-electron chi connectivity index (χ3n) is 0.235. The van der Waals surface area contributed by atoms with Crippen LogP contribution < -0.4 is 0 Å². The highest BCUT2D eigenvalue weighted by molar-refractivity contribution is 6.40. The summed E-state index contributed by atoms with van der Waals surface area (Å²) in [7, 11) is 0. The maximum atomic E-state index is 9.62. The van der Waals surface area contributed by atoms with Gasteiger partial charge in [0.1, 0.15) is 0 Å². The Hall–Kier alpha value is -0.370. The summed E-state index contributed by atoms with van der Waals surface area (Å²) in [6, 6.07) is 0. The molecule has 0 aromatic rings. The van der Waals surface area contributed by atoms with E-state index in [1.165, 1.54) is 0 Å². The molecule has 0 atom stereocenters. The lowest BCUT2D eigenvalue weighted by atomic mass is 10.5. The van der Waals surface area contributed by atoms with E-state index in [1.54, 1.807) is 0 Å². The Morgan fingerprint density at radius 2 is 2.33 bits per heavy atom. The Labute approximate surface area is 40.1 Å².